The Morgan fingerprint density at radius 3 is 2.72 bits per heavy atom. The van der Waals surface area contributed by atoms with E-state index in [0.717, 1.165) is 31.7 Å². The first-order chi connectivity index (χ1) is 8.69. The van der Waals surface area contributed by atoms with Crippen LogP contribution in [0, 0.1) is 11.6 Å². The normalized spacial score (nSPS) is 11.1. The summed E-state index contributed by atoms with van der Waals surface area (Å²) >= 11 is 0. The van der Waals surface area contributed by atoms with Gasteiger partial charge in [0.15, 0.2) is 11.6 Å². The average Bonchev–Trinajstić information content (AvgIpc) is 2.35. The van der Waals surface area contributed by atoms with Gasteiger partial charge in [-0.25, -0.2) is 4.39 Å². The highest BCUT2D eigenvalue weighted by Crippen LogP contribution is 2.22. The molecule has 18 heavy (non-hydrogen) atoms. The fourth-order valence-corrected chi connectivity index (χ4v) is 1.56. The molecule has 3 nitrogen and oxygen atoms in total. The summed E-state index contributed by atoms with van der Waals surface area (Å²) < 4.78 is 31.9. The zero-order valence-corrected chi connectivity index (χ0v) is 10.5. The van der Waals surface area contributed by atoms with E-state index in [4.69, 9.17) is 10.6 Å². The van der Waals surface area contributed by atoms with Crippen molar-refractivity contribution in [3.63, 3.8) is 0 Å². The van der Waals surface area contributed by atoms with Crippen molar-refractivity contribution in [2.75, 3.05) is 6.61 Å². The van der Waals surface area contributed by atoms with Gasteiger partial charge in [0.1, 0.15) is 0 Å². The van der Waals surface area contributed by atoms with E-state index in [1.807, 2.05) is 0 Å². The minimum atomic E-state index is -0.973. The third-order valence-corrected chi connectivity index (χ3v) is 2.50. The van der Waals surface area contributed by atoms with E-state index in [1.165, 1.54) is 12.3 Å². The molecule has 0 spiro atoms. The number of benzene rings is 1. The molecule has 0 unspecified atom stereocenters. The molecule has 0 heterocycles. The summed E-state index contributed by atoms with van der Waals surface area (Å²) in [6.07, 6.45) is 5.31. The van der Waals surface area contributed by atoms with Crippen molar-refractivity contribution in [1.82, 2.24) is 0 Å². The molecule has 0 atom stereocenters. The highest BCUT2D eigenvalue weighted by molar-refractivity contribution is 5.80. The molecule has 0 saturated carbocycles. The number of hydrogen-bond donors (Lipinski definition) is 1. The predicted octanol–water partition coefficient (Wildman–Crippen LogP) is 3.22. The van der Waals surface area contributed by atoms with E-state index >= 15 is 0 Å². The van der Waals surface area contributed by atoms with Gasteiger partial charge in [-0.15, -0.1) is 0 Å². The Morgan fingerprint density at radius 1 is 1.28 bits per heavy atom. The molecule has 0 fully saturated rings. The average molecular weight is 256 g/mol. The molecule has 0 aromatic heterocycles. The topological polar surface area (TPSA) is 47.6 Å². The molecule has 1 aromatic rings. The van der Waals surface area contributed by atoms with Crippen molar-refractivity contribution in [3.05, 3.63) is 29.3 Å². The van der Waals surface area contributed by atoms with Crippen molar-refractivity contribution >= 4 is 6.21 Å². The fourth-order valence-electron chi connectivity index (χ4n) is 1.56. The first kappa shape index (κ1) is 14.4. The van der Waals surface area contributed by atoms with Gasteiger partial charge in [-0.1, -0.05) is 26.2 Å². The summed E-state index contributed by atoms with van der Waals surface area (Å²) in [5, 5.41) is 3.27. The molecule has 0 saturated heterocycles. The van der Waals surface area contributed by atoms with Crippen LogP contribution in [0.3, 0.4) is 0 Å². The molecule has 0 bridgehead atoms. The van der Waals surface area contributed by atoms with Crippen LogP contribution in [0.25, 0.3) is 0 Å². The van der Waals surface area contributed by atoms with E-state index in [1.54, 1.807) is 0 Å². The van der Waals surface area contributed by atoms with E-state index < -0.39 is 11.6 Å². The molecule has 5 heteroatoms. The maximum Gasteiger partial charge on any atom is 0.200 e. The molecule has 0 aliphatic heterocycles. The molecular weight excluding hydrogens is 238 g/mol. The Labute approximate surface area is 106 Å². The first-order valence-electron chi connectivity index (χ1n) is 6.04. The number of hydrogen-bond acceptors (Lipinski definition) is 3. The van der Waals surface area contributed by atoms with Crippen molar-refractivity contribution in [2.45, 2.75) is 32.6 Å². The minimum absolute atomic E-state index is 0.0959. The minimum Gasteiger partial charge on any atom is -0.490 e. The van der Waals surface area contributed by atoms with Crippen LogP contribution < -0.4 is 10.6 Å². The number of rotatable bonds is 7. The smallest absolute Gasteiger partial charge is 0.200 e. The number of unbranched alkanes of at least 4 members (excludes halogenated alkanes) is 3. The maximum absolute atomic E-state index is 13.4. The first-order valence-corrected chi connectivity index (χ1v) is 6.04. The second-order valence-electron chi connectivity index (χ2n) is 4.00. The molecule has 2 N–H and O–H groups in total. The van der Waals surface area contributed by atoms with Crippen molar-refractivity contribution in [3.8, 4) is 5.75 Å². The largest absolute Gasteiger partial charge is 0.490 e. The van der Waals surface area contributed by atoms with Crippen LogP contribution in [-0.4, -0.2) is 12.8 Å². The highest BCUT2D eigenvalue weighted by Gasteiger charge is 2.11. The Hall–Kier alpha value is -1.65. The fraction of sp³-hybridized carbons (Fsp3) is 0.462. The Bertz CT molecular complexity index is 408. The lowest BCUT2D eigenvalue weighted by molar-refractivity contribution is 0.285. The molecule has 0 aliphatic carbocycles. The molecule has 1 rings (SSSR count). The molecule has 0 amide bonds. The van der Waals surface area contributed by atoms with Crippen LogP contribution in [-0.2, 0) is 0 Å². The summed E-state index contributed by atoms with van der Waals surface area (Å²) in [6, 6.07) is 2.41. The zero-order valence-electron chi connectivity index (χ0n) is 10.5. The van der Waals surface area contributed by atoms with Crippen LogP contribution in [0.5, 0.6) is 5.75 Å². The van der Waals surface area contributed by atoms with Gasteiger partial charge >= 0.3 is 0 Å². The third kappa shape index (κ3) is 4.31. The second kappa shape index (κ2) is 7.63. The Morgan fingerprint density at radius 2 is 2.06 bits per heavy atom. The van der Waals surface area contributed by atoms with Gasteiger partial charge in [-0.3, -0.25) is 0 Å². The van der Waals surface area contributed by atoms with Gasteiger partial charge in [0.25, 0.3) is 0 Å². The quantitative estimate of drug-likeness (QED) is 0.352. The van der Waals surface area contributed by atoms with Crippen LogP contribution in [0.15, 0.2) is 17.2 Å². The summed E-state index contributed by atoms with van der Waals surface area (Å²) in [5.41, 5.74) is 0.375. The van der Waals surface area contributed by atoms with Crippen molar-refractivity contribution in [2.24, 2.45) is 10.9 Å². The van der Waals surface area contributed by atoms with Crippen LogP contribution >= 0.6 is 0 Å². The molecule has 0 radical (unpaired) electrons. The van der Waals surface area contributed by atoms with Gasteiger partial charge in [0.05, 0.1) is 12.8 Å². The number of nitrogens with two attached hydrogens (primary N) is 1. The SMILES string of the molecule is CCCCCCOc1cc(C=NN)cc(F)c1F. The number of nitrogens with zero attached hydrogens (tertiary/aromatic N) is 1. The molecule has 1 aromatic carbocycles. The number of halogens is 2. The van der Waals surface area contributed by atoms with Gasteiger partial charge in [-0.2, -0.15) is 9.49 Å². The Balaban J connectivity index is 2.63. The predicted molar refractivity (Wildman–Crippen MR) is 67.8 cm³/mol. The van der Waals surface area contributed by atoms with Crippen molar-refractivity contribution in [1.29, 1.82) is 0 Å². The number of ether oxygens (including phenoxy) is 1. The molecule has 0 aliphatic rings. The van der Waals surface area contributed by atoms with Gasteiger partial charge < -0.3 is 10.6 Å². The molecular formula is C13H18F2N2O. The highest BCUT2D eigenvalue weighted by atomic mass is 19.2. The van der Waals surface area contributed by atoms with E-state index in [9.17, 15) is 8.78 Å². The lowest BCUT2D eigenvalue weighted by atomic mass is 10.2. The molecule has 100 valence electrons. The van der Waals surface area contributed by atoms with Crippen LogP contribution in [0.1, 0.15) is 38.2 Å². The van der Waals surface area contributed by atoms with Crippen LogP contribution in [0.2, 0.25) is 0 Å². The summed E-state index contributed by atoms with van der Waals surface area (Å²) in [5.74, 6) is 2.94. The van der Waals surface area contributed by atoms with Gasteiger partial charge in [0, 0.05) is 5.56 Å². The van der Waals surface area contributed by atoms with Gasteiger partial charge in [0.2, 0.25) is 5.82 Å². The number of hydrazone groups is 1. The van der Waals surface area contributed by atoms with Gasteiger partial charge in [-0.05, 0) is 18.6 Å². The Kier molecular flexibility index (Phi) is 6.11. The summed E-state index contributed by atoms with van der Waals surface area (Å²) in [7, 11) is 0. The lowest BCUT2D eigenvalue weighted by Gasteiger charge is -2.08. The zero-order chi connectivity index (χ0) is 13.4. The second-order valence-corrected chi connectivity index (χ2v) is 4.00. The monoisotopic (exact) mass is 256 g/mol. The maximum atomic E-state index is 13.4. The lowest BCUT2D eigenvalue weighted by Crippen LogP contribution is -2.02. The standard InChI is InChI=1S/C13H18F2N2O/c1-2-3-4-5-6-18-12-8-10(9-17-16)7-11(14)13(12)15/h7-9H,2-6,16H2,1H3. The summed E-state index contributed by atoms with van der Waals surface area (Å²) in [4.78, 5) is 0. The summed E-state index contributed by atoms with van der Waals surface area (Å²) in [6.45, 7) is 2.48. The van der Waals surface area contributed by atoms with E-state index in [0.29, 0.717) is 12.2 Å². The van der Waals surface area contributed by atoms with E-state index in [2.05, 4.69) is 12.0 Å². The third-order valence-electron chi connectivity index (χ3n) is 2.50. The van der Waals surface area contributed by atoms with E-state index in [-0.39, 0.29) is 5.75 Å². The van der Waals surface area contributed by atoms with Crippen LogP contribution in [0.4, 0.5) is 8.78 Å². The van der Waals surface area contributed by atoms with Crippen molar-refractivity contribution < 1.29 is 13.5 Å².